The zero-order chi connectivity index (χ0) is 13.1. The highest BCUT2D eigenvalue weighted by Gasteiger charge is 2.37. The summed E-state index contributed by atoms with van der Waals surface area (Å²) in [6.45, 7) is 6.34. The number of carbonyl (C=O) groups is 1. The molecular weight excluding hydrogens is 224 g/mol. The first-order valence-electron chi connectivity index (χ1n) is 7.67. The summed E-state index contributed by atoms with van der Waals surface area (Å²) >= 11 is 0. The van der Waals surface area contributed by atoms with Gasteiger partial charge in [0.15, 0.2) is 0 Å². The van der Waals surface area contributed by atoms with Crippen LogP contribution in [-0.4, -0.2) is 29.9 Å². The number of hydrogen-bond acceptors (Lipinski definition) is 2. The van der Waals surface area contributed by atoms with Crippen molar-refractivity contribution in [3.8, 4) is 0 Å². The van der Waals surface area contributed by atoms with E-state index in [9.17, 15) is 4.79 Å². The van der Waals surface area contributed by atoms with Crippen LogP contribution in [0.25, 0.3) is 0 Å². The highest BCUT2D eigenvalue weighted by Crippen LogP contribution is 2.31. The molecule has 4 unspecified atom stereocenters. The predicted molar refractivity (Wildman–Crippen MR) is 74.1 cm³/mol. The van der Waals surface area contributed by atoms with Crippen LogP contribution >= 0.6 is 0 Å². The number of carbonyl (C=O) groups excluding carboxylic acids is 1. The van der Waals surface area contributed by atoms with Crippen molar-refractivity contribution in [3.63, 3.8) is 0 Å². The van der Waals surface area contributed by atoms with Gasteiger partial charge in [0.2, 0.25) is 5.91 Å². The molecule has 1 heterocycles. The Labute approximate surface area is 111 Å². The minimum absolute atomic E-state index is 0.0781. The molecule has 2 fully saturated rings. The third-order valence-electron chi connectivity index (χ3n) is 4.96. The van der Waals surface area contributed by atoms with E-state index in [2.05, 4.69) is 18.7 Å². The molecule has 1 aliphatic carbocycles. The smallest absolute Gasteiger partial charge is 0.227 e. The largest absolute Gasteiger partial charge is 0.342 e. The summed E-state index contributed by atoms with van der Waals surface area (Å²) in [4.78, 5) is 14.8. The Kier molecular flexibility index (Phi) is 4.66. The number of amides is 1. The van der Waals surface area contributed by atoms with Crippen molar-refractivity contribution in [2.75, 3.05) is 13.1 Å². The Morgan fingerprint density at radius 3 is 2.72 bits per heavy atom. The maximum Gasteiger partial charge on any atom is 0.227 e. The molecule has 2 aliphatic rings. The Morgan fingerprint density at radius 1 is 1.28 bits per heavy atom. The van der Waals surface area contributed by atoms with Crippen LogP contribution in [0.3, 0.4) is 0 Å². The standard InChI is InChI=1S/C15H28N2O/c1-3-12-7-5-9-17(10-12)15(18)14-11(2)6-4-8-13(14)16/h11-14H,3-10,16H2,1-2H3. The molecule has 3 nitrogen and oxygen atoms in total. The first kappa shape index (κ1) is 13.9. The molecule has 0 spiro atoms. The van der Waals surface area contributed by atoms with Crippen molar-refractivity contribution in [3.05, 3.63) is 0 Å². The van der Waals surface area contributed by atoms with Crippen LogP contribution in [-0.2, 0) is 4.79 Å². The summed E-state index contributed by atoms with van der Waals surface area (Å²) in [5, 5.41) is 0. The third-order valence-corrected chi connectivity index (χ3v) is 4.96. The molecule has 0 aromatic carbocycles. The van der Waals surface area contributed by atoms with Gasteiger partial charge in [-0.05, 0) is 37.5 Å². The van der Waals surface area contributed by atoms with Crippen LogP contribution in [0.15, 0.2) is 0 Å². The van der Waals surface area contributed by atoms with Gasteiger partial charge in [-0.3, -0.25) is 4.79 Å². The average molecular weight is 252 g/mol. The van der Waals surface area contributed by atoms with Crippen LogP contribution in [0, 0.1) is 17.8 Å². The Balaban J connectivity index is 2.00. The zero-order valence-corrected chi connectivity index (χ0v) is 11.9. The van der Waals surface area contributed by atoms with Gasteiger partial charge in [0, 0.05) is 19.1 Å². The van der Waals surface area contributed by atoms with E-state index in [0.29, 0.717) is 17.7 Å². The van der Waals surface area contributed by atoms with Gasteiger partial charge in [-0.1, -0.05) is 26.7 Å². The maximum atomic E-state index is 12.7. The van der Waals surface area contributed by atoms with Gasteiger partial charge < -0.3 is 10.6 Å². The number of nitrogens with zero attached hydrogens (tertiary/aromatic N) is 1. The molecule has 1 aliphatic heterocycles. The molecule has 0 radical (unpaired) electrons. The average Bonchev–Trinajstić information content (AvgIpc) is 2.38. The van der Waals surface area contributed by atoms with Crippen molar-refractivity contribution in [2.24, 2.45) is 23.5 Å². The lowest BCUT2D eigenvalue weighted by molar-refractivity contribution is -0.140. The molecule has 18 heavy (non-hydrogen) atoms. The van der Waals surface area contributed by atoms with E-state index in [-0.39, 0.29) is 12.0 Å². The molecule has 1 amide bonds. The second-order valence-corrected chi connectivity index (χ2v) is 6.30. The number of hydrogen-bond donors (Lipinski definition) is 1. The quantitative estimate of drug-likeness (QED) is 0.820. The fourth-order valence-electron chi connectivity index (χ4n) is 3.69. The highest BCUT2D eigenvalue weighted by molar-refractivity contribution is 5.80. The van der Waals surface area contributed by atoms with Gasteiger partial charge in [-0.15, -0.1) is 0 Å². The first-order valence-corrected chi connectivity index (χ1v) is 7.67. The van der Waals surface area contributed by atoms with E-state index >= 15 is 0 Å². The topological polar surface area (TPSA) is 46.3 Å². The number of rotatable bonds is 2. The van der Waals surface area contributed by atoms with E-state index in [1.54, 1.807) is 0 Å². The highest BCUT2D eigenvalue weighted by atomic mass is 16.2. The van der Waals surface area contributed by atoms with Crippen LogP contribution in [0.1, 0.15) is 52.4 Å². The fraction of sp³-hybridized carbons (Fsp3) is 0.933. The Bertz CT molecular complexity index is 282. The minimum Gasteiger partial charge on any atom is -0.342 e. The van der Waals surface area contributed by atoms with E-state index in [0.717, 1.165) is 25.9 Å². The molecule has 104 valence electrons. The minimum atomic E-state index is 0.0781. The second-order valence-electron chi connectivity index (χ2n) is 6.30. The van der Waals surface area contributed by atoms with E-state index in [1.165, 1.54) is 25.7 Å². The summed E-state index contributed by atoms with van der Waals surface area (Å²) in [5.74, 6) is 1.59. The summed E-state index contributed by atoms with van der Waals surface area (Å²) in [5.41, 5.74) is 6.20. The summed E-state index contributed by atoms with van der Waals surface area (Å²) in [6.07, 6.45) is 7.01. The molecule has 2 rings (SSSR count). The van der Waals surface area contributed by atoms with Crippen molar-refractivity contribution in [1.29, 1.82) is 0 Å². The lowest BCUT2D eigenvalue weighted by atomic mass is 9.76. The predicted octanol–water partition coefficient (Wildman–Crippen LogP) is 2.40. The van der Waals surface area contributed by atoms with Crippen molar-refractivity contribution >= 4 is 5.91 Å². The van der Waals surface area contributed by atoms with Gasteiger partial charge >= 0.3 is 0 Å². The number of nitrogens with two attached hydrogens (primary N) is 1. The SMILES string of the molecule is CCC1CCCN(C(=O)C2C(C)CCCC2N)C1. The second kappa shape index (κ2) is 6.05. The van der Waals surface area contributed by atoms with Crippen molar-refractivity contribution in [1.82, 2.24) is 4.90 Å². The van der Waals surface area contributed by atoms with Crippen molar-refractivity contribution < 1.29 is 4.79 Å². The summed E-state index contributed by atoms with van der Waals surface area (Å²) < 4.78 is 0. The summed E-state index contributed by atoms with van der Waals surface area (Å²) in [7, 11) is 0. The third kappa shape index (κ3) is 2.87. The first-order chi connectivity index (χ1) is 8.63. The zero-order valence-electron chi connectivity index (χ0n) is 11.9. The molecular formula is C15H28N2O. The van der Waals surface area contributed by atoms with Gasteiger partial charge in [0.1, 0.15) is 0 Å². The Morgan fingerprint density at radius 2 is 2.06 bits per heavy atom. The van der Waals surface area contributed by atoms with Gasteiger partial charge in [-0.2, -0.15) is 0 Å². The molecule has 3 heteroatoms. The normalized spacial score (nSPS) is 37.6. The molecule has 0 bridgehead atoms. The van der Waals surface area contributed by atoms with Crippen molar-refractivity contribution in [2.45, 2.75) is 58.4 Å². The van der Waals surface area contributed by atoms with Crippen LogP contribution in [0.2, 0.25) is 0 Å². The van der Waals surface area contributed by atoms with Crippen LogP contribution in [0.5, 0.6) is 0 Å². The lowest BCUT2D eigenvalue weighted by Gasteiger charge is -2.40. The number of likely N-dealkylation sites (tertiary alicyclic amines) is 1. The van der Waals surface area contributed by atoms with E-state index in [1.807, 2.05) is 0 Å². The lowest BCUT2D eigenvalue weighted by Crippen LogP contribution is -2.51. The molecule has 1 saturated carbocycles. The fourth-order valence-corrected chi connectivity index (χ4v) is 3.69. The van der Waals surface area contributed by atoms with Gasteiger partial charge in [-0.25, -0.2) is 0 Å². The van der Waals surface area contributed by atoms with Crippen LogP contribution < -0.4 is 5.73 Å². The molecule has 0 aromatic rings. The maximum absolute atomic E-state index is 12.7. The van der Waals surface area contributed by atoms with Gasteiger partial charge in [0.25, 0.3) is 0 Å². The number of piperidine rings is 1. The molecule has 2 N–H and O–H groups in total. The van der Waals surface area contributed by atoms with Crippen LogP contribution in [0.4, 0.5) is 0 Å². The summed E-state index contributed by atoms with van der Waals surface area (Å²) in [6, 6.07) is 0.0863. The molecule has 0 aromatic heterocycles. The van der Waals surface area contributed by atoms with E-state index < -0.39 is 0 Å². The Hall–Kier alpha value is -0.570. The molecule has 4 atom stereocenters. The molecule has 1 saturated heterocycles. The van der Waals surface area contributed by atoms with Gasteiger partial charge in [0.05, 0.1) is 5.92 Å². The van der Waals surface area contributed by atoms with E-state index in [4.69, 9.17) is 5.73 Å². The monoisotopic (exact) mass is 252 g/mol.